The van der Waals surface area contributed by atoms with Gasteiger partial charge in [-0.15, -0.1) is 24.0 Å². The number of hydrogen-bond acceptors (Lipinski definition) is 2. The van der Waals surface area contributed by atoms with Gasteiger partial charge in [0.15, 0.2) is 5.96 Å². The number of likely N-dealkylation sites (tertiary alicyclic amines) is 1. The number of nitrogens with zero attached hydrogens (tertiary/aromatic N) is 3. The zero-order chi connectivity index (χ0) is 18.9. The molecule has 2 N–H and O–H groups in total. The standard InChI is InChI=1S/C22H33N5.HI/c1-19-9-14-27(15-10-19)18-21-8-4-3-7-20(21)17-25-22(23-2)24-11-16-26-12-5-6-13-26;/h3-8,12-13,19H,9-11,14-18H2,1-2H3,(H2,23,24,25);1H. The maximum Gasteiger partial charge on any atom is 0.191 e. The van der Waals surface area contributed by atoms with Gasteiger partial charge in [-0.25, -0.2) is 0 Å². The van der Waals surface area contributed by atoms with Crippen LogP contribution >= 0.6 is 24.0 Å². The number of halogens is 1. The predicted molar refractivity (Wildman–Crippen MR) is 128 cm³/mol. The molecule has 28 heavy (non-hydrogen) atoms. The largest absolute Gasteiger partial charge is 0.355 e. The Balaban J connectivity index is 0.00000280. The maximum absolute atomic E-state index is 4.35. The summed E-state index contributed by atoms with van der Waals surface area (Å²) < 4.78 is 2.16. The molecule has 1 aliphatic rings. The van der Waals surface area contributed by atoms with Crippen molar-refractivity contribution in [1.82, 2.24) is 20.1 Å². The van der Waals surface area contributed by atoms with Crippen LogP contribution in [0.1, 0.15) is 30.9 Å². The van der Waals surface area contributed by atoms with Gasteiger partial charge in [-0.1, -0.05) is 31.2 Å². The summed E-state index contributed by atoms with van der Waals surface area (Å²) in [6, 6.07) is 12.9. The number of aliphatic imine (C=N–C) groups is 1. The van der Waals surface area contributed by atoms with Crippen molar-refractivity contribution in [1.29, 1.82) is 0 Å². The smallest absolute Gasteiger partial charge is 0.191 e. The van der Waals surface area contributed by atoms with E-state index in [4.69, 9.17) is 0 Å². The SMILES string of the molecule is CN=C(NCCn1cccc1)NCc1ccccc1CN1CCC(C)CC1.I. The van der Waals surface area contributed by atoms with Gasteiger partial charge in [0.1, 0.15) is 0 Å². The van der Waals surface area contributed by atoms with Crippen molar-refractivity contribution in [3.63, 3.8) is 0 Å². The molecule has 2 heterocycles. The molecule has 0 aliphatic carbocycles. The van der Waals surface area contributed by atoms with Gasteiger partial charge in [0.05, 0.1) is 0 Å². The van der Waals surface area contributed by atoms with Crippen molar-refractivity contribution in [2.45, 2.75) is 39.4 Å². The summed E-state index contributed by atoms with van der Waals surface area (Å²) in [7, 11) is 1.83. The average molecular weight is 495 g/mol. The van der Waals surface area contributed by atoms with Gasteiger partial charge in [0.2, 0.25) is 0 Å². The monoisotopic (exact) mass is 495 g/mol. The Morgan fingerprint density at radius 2 is 1.71 bits per heavy atom. The molecule has 1 saturated heterocycles. The highest BCUT2D eigenvalue weighted by Gasteiger charge is 2.16. The first-order valence-electron chi connectivity index (χ1n) is 10.1. The number of piperidine rings is 1. The number of guanidine groups is 1. The molecular weight excluding hydrogens is 461 g/mol. The molecule has 1 fully saturated rings. The number of aromatic nitrogens is 1. The zero-order valence-electron chi connectivity index (χ0n) is 17.1. The van der Waals surface area contributed by atoms with E-state index in [1.807, 2.05) is 19.2 Å². The van der Waals surface area contributed by atoms with Crippen molar-refractivity contribution >= 4 is 29.9 Å². The van der Waals surface area contributed by atoms with Crippen LogP contribution in [0, 0.1) is 5.92 Å². The van der Waals surface area contributed by atoms with E-state index in [0.29, 0.717) is 0 Å². The van der Waals surface area contributed by atoms with Crippen LogP contribution in [0.15, 0.2) is 53.8 Å². The predicted octanol–water partition coefficient (Wildman–Crippen LogP) is 3.70. The van der Waals surface area contributed by atoms with E-state index < -0.39 is 0 Å². The highest BCUT2D eigenvalue weighted by Crippen LogP contribution is 2.19. The van der Waals surface area contributed by atoms with Crippen LogP contribution in [-0.2, 0) is 19.6 Å². The van der Waals surface area contributed by atoms with Crippen LogP contribution in [-0.4, -0.2) is 42.1 Å². The second-order valence-electron chi connectivity index (χ2n) is 7.50. The molecule has 1 aromatic heterocycles. The lowest BCUT2D eigenvalue weighted by atomic mass is 9.98. The number of benzene rings is 1. The van der Waals surface area contributed by atoms with Crippen molar-refractivity contribution < 1.29 is 0 Å². The third-order valence-corrected chi connectivity index (χ3v) is 5.39. The van der Waals surface area contributed by atoms with Crippen LogP contribution in [0.25, 0.3) is 0 Å². The summed E-state index contributed by atoms with van der Waals surface area (Å²) >= 11 is 0. The number of hydrogen-bond donors (Lipinski definition) is 2. The van der Waals surface area contributed by atoms with Crippen molar-refractivity contribution in [2.75, 3.05) is 26.7 Å². The molecule has 0 radical (unpaired) electrons. The minimum Gasteiger partial charge on any atom is -0.355 e. The van der Waals surface area contributed by atoms with E-state index in [-0.39, 0.29) is 24.0 Å². The van der Waals surface area contributed by atoms with Gasteiger partial charge in [-0.05, 0) is 55.1 Å². The van der Waals surface area contributed by atoms with Crippen molar-refractivity contribution in [3.05, 3.63) is 59.9 Å². The fraction of sp³-hybridized carbons (Fsp3) is 0.500. The van der Waals surface area contributed by atoms with Crippen LogP contribution in [0.5, 0.6) is 0 Å². The lowest BCUT2D eigenvalue weighted by Gasteiger charge is -2.30. The maximum atomic E-state index is 4.35. The molecule has 2 aromatic rings. The molecule has 5 nitrogen and oxygen atoms in total. The number of nitrogens with one attached hydrogen (secondary N) is 2. The lowest BCUT2D eigenvalue weighted by molar-refractivity contribution is 0.185. The first kappa shape index (κ1) is 22.7. The normalized spacial score (nSPS) is 15.9. The first-order chi connectivity index (χ1) is 13.2. The summed E-state index contributed by atoms with van der Waals surface area (Å²) in [6.07, 6.45) is 6.79. The summed E-state index contributed by atoms with van der Waals surface area (Å²) in [5.74, 6) is 1.72. The van der Waals surface area contributed by atoms with Crippen molar-refractivity contribution in [2.24, 2.45) is 10.9 Å². The minimum absolute atomic E-state index is 0. The summed E-state index contributed by atoms with van der Waals surface area (Å²) in [5.41, 5.74) is 2.77. The Labute approximate surface area is 186 Å². The zero-order valence-corrected chi connectivity index (χ0v) is 19.4. The third kappa shape index (κ3) is 7.13. The van der Waals surface area contributed by atoms with E-state index in [1.165, 1.54) is 37.1 Å². The summed E-state index contributed by atoms with van der Waals surface area (Å²) in [6.45, 7) is 8.41. The summed E-state index contributed by atoms with van der Waals surface area (Å²) in [5, 5.41) is 6.85. The quantitative estimate of drug-likeness (QED) is 0.350. The molecule has 1 aliphatic heterocycles. The highest BCUT2D eigenvalue weighted by atomic mass is 127. The molecule has 0 atom stereocenters. The Bertz CT molecular complexity index is 705. The van der Waals surface area contributed by atoms with Gasteiger partial charge in [-0.3, -0.25) is 9.89 Å². The Hall–Kier alpha value is -1.54. The van der Waals surface area contributed by atoms with E-state index in [1.54, 1.807) is 0 Å². The fourth-order valence-corrected chi connectivity index (χ4v) is 3.57. The van der Waals surface area contributed by atoms with E-state index >= 15 is 0 Å². The molecule has 0 saturated carbocycles. The van der Waals surface area contributed by atoms with Crippen LogP contribution in [0.4, 0.5) is 0 Å². The first-order valence-corrected chi connectivity index (χ1v) is 10.1. The second-order valence-corrected chi connectivity index (χ2v) is 7.50. The summed E-state index contributed by atoms with van der Waals surface area (Å²) in [4.78, 5) is 6.94. The molecule has 0 amide bonds. The van der Waals surface area contributed by atoms with Crippen molar-refractivity contribution in [3.8, 4) is 0 Å². The molecule has 154 valence electrons. The van der Waals surface area contributed by atoms with Gasteiger partial charge in [-0.2, -0.15) is 0 Å². The minimum atomic E-state index is 0. The van der Waals surface area contributed by atoms with Gasteiger partial charge in [0.25, 0.3) is 0 Å². The van der Waals surface area contributed by atoms with E-state index in [9.17, 15) is 0 Å². The highest BCUT2D eigenvalue weighted by molar-refractivity contribution is 14.0. The molecular formula is C22H34IN5. The van der Waals surface area contributed by atoms with Gasteiger partial charge >= 0.3 is 0 Å². The average Bonchev–Trinajstić information content (AvgIpc) is 3.21. The molecule has 0 unspecified atom stereocenters. The molecule has 0 spiro atoms. The third-order valence-electron chi connectivity index (χ3n) is 5.39. The molecule has 6 heteroatoms. The van der Waals surface area contributed by atoms with Gasteiger partial charge in [0, 0.05) is 45.6 Å². The van der Waals surface area contributed by atoms with Crippen LogP contribution in [0.2, 0.25) is 0 Å². The number of rotatable bonds is 7. The van der Waals surface area contributed by atoms with E-state index in [2.05, 4.69) is 68.7 Å². The Morgan fingerprint density at radius 3 is 2.39 bits per heavy atom. The molecule has 1 aromatic carbocycles. The van der Waals surface area contributed by atoms with Gasteiger partial charge < -0.3 is 15.2 Å². The van der Waals surface area contributed by atoms with Crippen LogP contribution in [0.3, 0.4) is 0 Å². The fourth-order valence-electron chi connectivity index (χ4n) is 3.57. The Kier molecular flexibility index (Phi) is 9.84. The second kappa shape index (κ2) is 12.1. The topological polar surface area (TPSA) is 44.6 Å². The van der Waals surface area contributed by atoms with E-state index in [0.717, 1.165) is 38.1 Å². The Morgan fingerprint density at radius 1 is 1.04 bits per heavy atom. The molecule has 0 bridgehead atoms. The van der Waals surface area contributed by atoms with Crippen LogP contribution < -0.4 is 10.6 Å². The molecule has 3 rings (SSSR count). The lowest BCUT2D eigenvalue weighted by Crippen LogP contribution is -2.38.